The van der Waals surface area contributed by atoms with E-state index >= 15 is 0 Å². The van der Waals surface area contributed by atoms with Crippen molar-refractivity contribution in [2.24, 2.45) is 11.8 Å². The Kier molecular flexibility index (Phi) is 7.05. The van der Waals surface area contributed by atoms with Crippen molar-refractivity contribution >= 4 is 17.8 Å². The van der Waals surface area contributed by atoms with Gasteiger partial charge in [-0.05, 0) is 44.6 Å². The van der Waals surface area contributed by atoms with Gasteiger partial charge in [-0.2, -0.15) is 0 Å². The van der Waals surface area contributed by atoms with Gasteiger partial charge in [0.2, 0.25) is 0 Å². The number of H-pyrrole nitrogens is 1. The monoisotopic (exact) mass is 378 g/mol. The van der Waals surface area contributed by atoms with Crippen molar-refractivity contribution in [2.75, 3.05) is 13.2 Å². The molecule has 0 aromatic carbocycles. The molecular weight excluding hydrogens is 348 g/mol. The molecule has 1 heterocycles. The van der Waals surface area contributed by atoms with Crippen LogP contribution >= 0.6 is 0 Å². The minimum Gasteiger partial charge on any atom is -0.462 e. The van der Waals surface area contributed by atoms with Gasteiger partial charge >= 0.3 is 11.9 Å². The minimum atomic E-state index is -0.661. The van der Waals surface area contributed by atoms with E-state index in [9.17, 15) is 14.4 Å². The van der Waals surface area contributed by atoms with Gasteiger partial charge in [0.25, 0.3) is 5.91 Å². The molecule has 1 aliphatic carbocycles. The number of aryl methyl sites for hydroxylation is 1. The first-order valence-electron chi connectivity index (χ1n) is 9.59. The van der Waals surface area contributed by atoms with Crippen LogP contribution in [-0.2, 0) is 14.3 Å². The third kappa shape index (κ3) is 4.90. The van der Waals surface area contributed by atoms with Gasteiger partial charge in [-0.3, -0.25) is 4.79 Å². The van der Waals surface area contributed by atoms with E-state index < -0.39 is 11.9 Å². The second-order valence-electron chi connectivity index (χ2n) is 7.36. The lowest BCUT2D eigenvalue weighted by Crippen LogP contribution is -2.45. The molecule has 1 aromatic rings. The fourth-order valence-electron chi connectivity index (χ4n) is 3.70. The fourth-order valence-corrected chi connectivity index (χ4v) is 3.70. The summed E-state index contributed by atoms with van der Waals surface area (Å²) in [6.07, 6.45) is 3.22. The van der Waals surface area contributed by atoms with Gasteiger partial charge in [-0.15, -0.1) is 0 Å². The summed E-state index contributed by atoms with van der Waals surface area (Å²) in [5.41, 5.74) is 1.50. The number of aromatic nitrogens is 1. The van der Waals surface area contributed by atoms with Crippen LogP contribution in [0.15, 0.2) is 0 Å². The molecular formula is C20H30N2O5. The van der Waals surface area contributed by atoms with Gasteiger partial charge in [-0.1, -0.05) is 26.7 Å². The van der Waals surface area contributed by atoms with Crippen molar-refractivity contribution in [3.8, 4) is 0 Å². The van der Waals surface area contributed by atoms with Crippen LogP contribution in [0.1, 0.15) is 72.1 Å². The second kappa shape index (κ2) is 9.06. The zero-order chi connectivity index (χ0) is 20.1. The van der Waals surface area contributed by atoms with Crippen molar-refractivity contribution < 1.29 is 23.9 Å². The SMILES string of the molecule is CCOC(=O)c1c(C)[nH]c(C(=O)OCC(=O)NC2CCCC(C)C2C)c1C. The standard InChI is InChI=1S/C20H30N2O5/c1-6-26-19(24)17-13(4)18(21-14(17)5)20(25)27-10-16(23)22-15-9-7-8-11(2)12(15)3/h11-12,15,21H,6-10H2,1-5H3,(H,22,23). The van der Waals surface area contributed by atoms with Gasteiger partial charge in [0, 0.05) is 11.7 Å². The van der Waals surface area contributed by atoms with E-state index in [-0.39, 0.29) is 30.9 Å². The molecule has 150 valence electrons. The summed E-state index contributed by atoms with van der Waals surface area (Å²) >= 11 is 0. The molecule has 3 unspecified atom stereocenters. The summed E-state index contributed by atoms with van der Waals surface area (Å²) in [6.45, 7) is 9.30. The molecule has 0 spiro atoms. The van der Waals surface area contributed by atoms with Crippen molar-refractivity contribution in [2.45, 2.75) is 59.9 Å². The molecule has 1 aliphatic rings. The molecule has 1 saturated carbocycles. The number of carbonyl (C=O) groups excluding carboxylic acids is 3. The van der Waals surface area contributed by atoms with Crippen molar-refractivity contribution in [1.29, 1.82) is 0 Å². The summed E-state index contributed by atoms with van der Waals surface area (Å²) in [7, 11) is 0. The van der Waals surface area contributed by atoms with E-state index in [4.69, 9.17) is 9.47 Å². The van der Waals surface area contributed by atoms with E-state index in [1.165, 1.54) is 6.42 Å². The molecule has 0 radical (unpaired) electrons. The van der Waals surface area contributed by atoms with Gasteiger partial charge in [-0.25, -0.2) is 9.59 Å². The first kappa shape index (κ1) is 21.0. The van der Waals surface area contributed by atoms with E-state index in [0.29, 0.717) is 28.7 Å². The molecule has 2 rings (SSSR count). The topological polar surface area (TPSA) is 97.5 Å². The van der Waals surface area contributed by atoms with Crippen LogP contribution in [-0.4, -0.2) is 42.1 Å². The number of carbonyl (C=O) groups is 3. The Hall–Kier alpha value is -2.31. The number of rotatable bonds is 6. The van der Waals surface area contributed by atoms with E-state index in [1.807, 2.05) is 0 Å². The molecule has 1 fully saturated rings. The lowest BCUT2D eigenvalue weighted by molar-refractivity contribution is -0.125. The van der Waals surface area contributed by atoms with Crippen LogP contribution in [0.3, 0.4) is 0 Å². The highest BCUT2D eigenvalue weighted by atomic mass is 16.5. The number of ether oxygens (including phenoxy) is 2. The van der Waals surface area contributed by atoms with Crippen LogP contribution in [0.5, 0.6) is 0 Å². The van der Waals surface area contributed by atoms with Gasteiger partial charge in [0.1, 0.15) is 5.69 Å². The van der Waals surface area contributed by atoms with Crippen molar-refractivity contribution in [3.63, 3.8) is 0 Å². The Bertz CT molecular complexity index is 709. The number of nitrogens with one attached hydrogen (secondary N) is 2. The van der Waals surface area contributed by atoms with E-state index in [1.54, 1.807) is 20.8 Å². The number of hydrogen-bond acceptors (Lipinski definition) is 5. The number of amides is 1. The average Bonchev–Trinajstić information content (AvgIpc) is 2.91. The highest BCUT2D eigenvalue weighted by Gasteiger charge is 2.29. The first-order chi connectivity index (χ1) is 12.8. The predicted octanol–water partition coefficient (Wildman–Crippen LogP) is 2.91. The largest absolute Gasteiger partial charge is 0.462 e. The Labute approximate surface area is 160 Å². The molecule has 0 bridgehead atoms. The van der Waals surface area contributed by atoms with Crippen LogP contribution in [0.4, 0.5) is 0 Å². The van der Waals surface area contributed by atoms with Crippen molar-refractivity contribution in [3.05, 3.63) is 22.5 Å². The maximum absolute atomic E-state index is 12.3. The number of esters is 2. The normalized spacial score (nSPS) is 22.2. The maximum Gasteiger partial charge on any atom is 0.355 e. The summed E-state index contributed by atoms with van der Waals surface area (Å²) in [5, 5.41) is 2.97. The minimum absolute atomic E-state index is 0.116. The van der Waals surface area contributed by atoms with Crippen LogP contribution in [0.25, 0.3) is 0 Å². The lowest BCUT2D eigenvalue weighted by atomic mass is 9.78. The van der Waals surface area contributed by atoms with E-state index in [2.05, 4.69) is 24.1 Å². The lowest BCUT2D eigenvalue weighted by Gasteiger charge is -2.34. The maximum atomic E-state index is 12.3. The number of hydrogen-bond donors (Lipinski definition) is 2. The fraction of sp³-hybridized carbons (Fsp3) is 0.650. The first-order valence-corrected chi connectivity index (χ1v) is 9.59. The average molecular weight is 378 g/mol. The molecule has 1 aromatic heterocycles. The Morgan fingerprint density at radius 3 is 2.48 bits per heavy atom. The molecule has 7 heteroatoms. The van der Waals surface area contributed by atoms with Crippen LogP contribution in [0, 0.1) is 25.7 Å². The molecule has 27 heavy (non-hydrogen) atoms. The van der Waals surface area contributed by atoms with E-state index in [0.717, 1.165) is 12.8 Å². The Balaban J connectivity index is 1.95. The Morgan fingerprint density at radius 1 is 1.11 bits per heavy atom. The van der Waals surface area contributed by atoms with Gasteiger partial charge in [0.05, 0.1) is 12.2 Å². The van der Waals surface area contributed by atoms with Crippen LogP contribution < -0.4 is 5.32 Å². The van der Waals surface area contributed by atoms with Crippen molar-refractivity contribution in [1.82, 2.24) is 10.3 Å². The second-order valence-corrected chi connectivity index (χ2v) is 7.36. The molecule has 0 aliphatic heterocycles. The highest BCUT2D eigenvalue weighted by Crippen LogP contribution is 2.29. The number of aromatic amines is 1. The van der Waals surface area contributed by atoms with Gasteiger partial charge < -0.3 is 19.8 Å². The molecule has 2 N–H and O–H groups in total. The zero-order valence-corrected chi connectivity index (χ0v) is 16.8. The smallest absolute Gasteiger partial charge is 0.355 e. The molecule has 3 atom stereocenters. The van der Waals surface area contributed by atoms with Gasteiger partial charge in [0.15, 0.2) is 6.61 Å². The quantitative estimate of drug-likeness (QED) is 0.742. The summed E-state index contributed by atoms with van der Waals surface area (Å²) < 4.78 is 10.2. The summed E-state index contributed by atoms with van der Waals surface area (Å²) in [4.78, 5) is 39.4. The Morgan fingerprint density at radius 2 is 1.81 bits per heavy atom. The molecule has 0 saturated heterocycles. The van der Waals surface area contributed by atoms with Crippen LogP contribution in [0.2, 0.25) is 0 Å². The highest BCUT2D eigenvalue weighted by molar-refractivity contribution is 5.99. The zero-order valence-electron chi connectivity index (χ0n) is 16.8. The summed E-state index contributed by atoms with van der Waals surface area (Å²) in [6, 6.07) is 0.116. The third-order valence-corrected chi connectivity index (χ3v) is 5.51. The third-order valence-electron chi connectivity index (χ3n) is 5.51. The molecule has 1 amide bonds. The predicted molar refractivity (Wildman–Crippen MR) is 101 cm³/mol. The molecule has 7 nitrogen and oxygen atoms in total. The summed E-state index contributed by atoms with van der Waals surface area (Å²) in [5.74, 6) is -0.482.